The van der Waals surface area contributed by atoms with E-state index in [0.717, 1.165) is 0 Å². The molecule has 0 aliphatic carbocycles. The molecule has 2 amide bonds. The Morgan fingerprint density at radius 3 is 1.77 bits per heavy atom. The van der Waals surface area contributed by atoms with E-state index in [2.05, 4.69) is 23.3 Å². The lowest BCUT2D eigenvalue weighted by atomic mass is 10.1. The van der Waals surface area contributed by atoms with Gasteiger partial charge in [0, 0.05) is 12.2 Å². The van der Waals surface area contributed by atoms with Crippen LogP contribution in [0.3, 0.4) is 0 Å². The van der Waals surface area contributed by atoms with Gasteiger partial charge >= 0.3 is 11.9 Å². The highest BCUT2D eigenvalue weighted by Crippen LogP contribution is 2.27. The number of allylic oxidation sites excluding steroid dienone is 2. The van der Waals surface area contributed by atoms with Crippen LogP contribution in [0.5, 0.6) is 23.0 Å². The van der Waals surface area contributed by atoms with Crippen LogP contribution in [0.2, 0.25) is 0 Å². The Morgan fingerprint density at radius 2 is 1.36 bits per heavy atom. The molecule has 2 aromatic carbocycles. The number of hydrogen-bond donors (Lipinski definition) is 8. The average Bonchev–Trinajstić information content (AvgIpc) is 3.04. The first-order chi connectivity index (χ1) is 22.2. The fourth-order valence-corrected chi connectivity index (χ4v) is 3.68. The van der Waals surface area contributed by atoms with Crippen molar-refractivity contribution in [1.82, 2.24) is 10.6 Å². The smallest absolute Gasteiger partial charge is 0.322 e. The SMILES string of the molecule is COc1cc(C=CC(=O)CC(=O)C=Cc2ccc(O)c(OC)c2)ccc1O.N[C@@H](CCC(=O)N[C@@H](CS)C(=O)NCC(=O)O)C(=O)O. The number of amides is 2. The number of ketones is 2. The lowest BCUT2D eigenvalue weighted by Gasteiger charge is -2.16. The first kappa shape index (κ1) is 39.7. The molecule has 2 atom stereocenters. The van der Waals surface area contributed by atoms with E-state index >= 15 is 0 Å². The van der Waals surface area contributed by atoms with Crippen LogP contribution in [0.1, 0.15) is 30.4 Å². The summed E-state index contributed by atoms with van der Waals surface area (Å²) in [6.45, 7) is -0.567. The zero-order chi connectivity index (χ0) is 35.5. The minimum atomic E-state index is -1.22. The summed E-state index contributed by atoms with van der Waals surface area (Å²) in [6, 6.07) is 7.19. The zero-order valence-electron chi connectivity index (χ0n) is 25.5. The first-order valence-corrected chi connectivity index (χ1v) is 14.4. The van der Waals surface area contributed by atoms with Crippen LogP contribution in [0.15, 0.2) is 48.6 Å². The van der Waals surface area contributed by atoms with Crippen molar-refractivity contribution >= 4 is 60.1 Å². The number of carboxylic acid groups (broad SMARTS) is 2. The van der Waals surface area contributed by atoms with Gasteiger partial charge in [0.15, 0.2) is 34.6 Å². The molecular formula is C31H37N3O12S. The quantitative estimate of drug-likeness (QED) is 0.0667. The average molecular weight is 676 g/mol. The Labute approximate surface area is 275 Å². The monoisotopic (exact) mass is 675 g/mol. The Hall–Kier alpha value is -5.35. The topological polar surface area (TPSA) is 252 Å². The molecule has 16 heteroatoms. The molecule has 0 aliphatic heterocycles. The lowest BCUT2D eigenvalue weighted by Crippen LogP contribution is -2.49. The van der Waals surface area contributed by atoms with Crippen LogP contribution in [-0.4, -0.2) is 94.3 Å². The van der Waals surface area contributed by atoms with Crippen LogP contribution in [0.25, 0.3) is 12.2 Å². The molecule has 0 radical (unpaired) electrons. The molecule has 0 saturated heterocycles. The van der Waals surface area contributed by atoms with Crippen LogP contribution in [0, 0.1) is 0 Å². The molecule has 0 bridgehead atoms. The molecular weight excluding hydrogens is 638 g/mol. The van der Waals surface area contributed by atoms with Gasteiger partial charge in [-0.3, -0.25) is 28.8 Å². The Balaban J connectivity index is 0.000000494. The summed E-state index contributed by atoms with van der Waals surface area (Å²) < 4.78 is 10.00. The molecule has 0 heterocycles. The van der Waals surface area contributed by atoms with E-state index in [-0.39, 0.29) is 48.1 Å². The number of carbonyl (C=O) groups is 6. The maximum atomic E-state index is 11.9. The summed E-state index contributed by atoms with van der Waals surface area (Å²) in [7, 11) is 2.87. The molecule has 2 aromatic rings. The number of nitrogens with two attached hydrogens (primary N) is 1. The number of carbonyl (C=O) groups excluding carboxylic acids is 4. The molecule has 8 N–H and O–H groups in total. The summed E-state index contributed by atoms with van der Waals surface area (Å²) in [5, 5.41) is 40.5. The number of aromatic hydroxyl groups is 2. The minimum absolute atomic E-state index is 0.00662. The molecule has 0 aliphatic rings. The van der Waals surface area contributed by atoms with Crippen LogP contribution in [-0.2, 0) is 28.8 Å². The van der Waals surface area contributed by atoms with E-state index in [1.807, 2.05) is 0 Å². The summed E-state index contributed by atoms with van der Waals surface area (Å²) >= 11 is 3.87. The number of methoxy groups -OCH3 is 2. The predicted octanol–water partition coefficient (Wildman–Crippen LogP) is 1.16. The molecule has 47 heavy (non-hydrogen) atoms. The van der Waals surface area contributed by atoms with E-state index in [9.17, 15) is 39.0 Å². The van der Waals surface area contributed by atoms with Gasteiger partial charge in [-0.2, -0.15) is 12.6 Å². The van der Waals surface area contributed by atoms with E-state index < -0.39 is 42.4 Å². The highest BCUT2D eigenvalue weighted by Gasteiger charge is 2.21. The maximum Gasteiger partial charge on any atom is 0.322 e. The number of phenols is 2. The summed E-state index contributed by atoms with van der Waals surface area (Å²) in [5.41, 5.74) is 6.56. The minimum Gasteiger partial charge on any atom is -0.504 e. The second-order valence-electron chi connectivity index (χ2n) is 9.54. The van der Waals surface area contributed by atoms with Gasteiger partial charge in [-0.25, -0.2) is 0 Å². The lowest BCUT2D eigenvalue weighted by molar-refractivity contribution is -0.139. The van der Waals surface area contributed by atoms with Gasteiger partial charge in [0.1, 0.15) is 18.6 Å². The van der Waals surface area contributed by atoms with E-state index in [1.54, 1.807) is 36.4 Å². The highest BCUT2D eigenvalue weighted by molar-refractivity contribution is 7.80. The van der Waals surface area contributed by atoms with Gasteiger partial charge in [-0.15, -0.1) is 0 Å². The second kappa shape index (κ2) is 20.6. The second-order valence-corrected chi connectivity index (χ2v) is 9.90. The standard InChI is InChI=1S/C21H20O6.C10H17N3O6S/c1-26-20-11-14(5-9-18(20)24)3-7-16(22)13-17(23)8-4-15-6-10-19(25)21(12-15)27-2;11-5(10(18)19)1-2-7(14)13-6(4-20)9(17)12-3-8(15)16/h3-12,24-25H,13H2,1-2H3;5-6,20H,1-4,11H2,(H,12,17)(H,13,14)(H,15,16)(H,18,19)/t;5-,6-/m.0/s1. The van der Waals surface area contributed by atoms with Crippen molar-refractivity contribution in [2.75, 3.05) is 26.5 Å². The molecule has 254 valence electrons. The molecule has 0 spiro atoms. The number of phenolic OH excluding ortho intramolecular Hbond substituents is 2. The van der Waals surface area contributed by atoms with Gasteiger partial charge in [0.25, 0.3) is 0 Å². The molecule has 15 nitrogen and oxygen atoms in total. The number of nitrogens with one attached hydrogen (secondary N) is 2. The third-order valence-electron chi connectivity index (χ3n) is 5.93. The number of rotatable bonds is 17. The fraction of sp³-hybridized carbons (Fsp3) is 0.290. The van der Waals surface area contributed by atoms with E-state index in [1.165, 1.54) is 38.5 Å². The number of aliphatic carboxylic acids is 2. The van der Waals surface area contributed by atoms with Crippen molar-refractivity contribution in [1.29, 1.82) is 0 Å². The van der Waals surface area contributed by atoms with Crippen LogP contribution >= 0.6 is 12.6 Å². The predicted molar refractivity (Wildman–Crippen MR) is 173 cm³/mol. The largest absolute Gasteiger partial charge is 0.504 e. The summed E-state index contributed by atoms with van der Waals surface area (Å²) in [4.78, 5) is 67.6. The van der Waals surface area contributed by atoms with Crippen molar-refractivity contribution in [3.8, 4) is 23.0 Å². The molecule has 0 aromatic heterocycles. The van der Waals surface area contributed by atoms with Crippen molar-refractivity contribution in [2.45, 2.75) is 31.3 Å². The summed E-state index contributed by atoms with van der Waals surface area (Å²) in [6.07, 6.45) is 5.21. The maximum absolute atomic E-state index is 11.9. The van der Waals surface area contributed by atoms with Crippen molar-refractivity contribution < 1.29 is 58.7 Å². The molecule has 0 fully saturated rings. The summed E-state index contributed by atoms with van der Waals surface area (Å²) in [5.74, 6) is -3.79. The zero-order valence-corrected chi connectivity index (χ0v) is 26.4. The van der Waals surface area contributed by atoms with Gasteiger partial charge in [-0.05, 0) is 54.0 Å². The van der Waals surface area contributed by atoms with Gasteiger partial charge < -0.3 is 46.3 Å². The number of ether oxygens (including phenoxy) is 2. The van der Waals surface area contributed by atoms with Crippen molar-refractivity contribution in [2.24, 2.45) is 5.73 Å². The molecule has 0 unspecified atom stereocenters. The first-order valence-electron chi connectivity index (χ1n) is 13.7. The third kappa shape index (κ3) is 15.5. The number of carboxylic acids is 2. The number of hydrogen-bond acceptors (Lipinski definition) is 12. The van der Waals surface area contributed by atoms with E-state index in [4.69, 9.17) is 25.4 Å². The van der Waals surface area contributed by atoms with Crippen LogP contribution in [0.4, 0.5) is 0 Å². The van der Waals surface area contributed by atoms with Gasteiger partial charge in [0.2, 0.25) is 11.8 Å². The fourth-order valence-electron chi connectivity index (χ4n) is 3.42. The van der Waals surface area contributed by atoms with Crippen LogP contribution < -0.4 is 25.8 Å². The van der Waals surface area contributed by atoms with Gasteiger partial charge in [0.05, 0.1) is 20.6 Å². The Kier molecular flexibility index (Phi) is 17.4. The third-order valence-corrected chi connectivity index (χ3v) is 6.29. The van der Waals surface area contributed by atoms with Gasteiger partial charge in [-0.1, -0.05) is 24.3 Å². The van der Waals surface area contributed by atoms with E-state index in [0.29, 0.717) is 22.6 Å². The van der Waals surface area contributed by atoms with Crippen molar-refractivity contribution in [3.05, 3.63) is 59.7 Å². The number of benzene rings is 2. The molecule has 0 saturated carbocycles. The van der Waals surface area contributed by atoms with Crippen molar-refractivity contribution in [3.63, 3.8) is 0 Å². The Bertz CT molecular complexity index is 1420. The Morgan fingerprint density at radius 1 is 0.872 bits per heavy atom. The normalized spacial score (nSPS) is 11.9. The highest BCUT2D eigenvalue weighted by atomic mass is 32.1. The number of thiol groups is 1. The molecule has 2 rings (SSSR count).